The number of benzene rings is 1. The van der Waals surface area contributed by atoms with E-state index in [0.29, 0.717) is 40.1 Å². The van der Waals surface area contributed by atoms with Gasteiger partial charge in [0.15, 0.2) is 11.5 Å². The molecule has 0 unspecified atom stereocenters. The molecule has 2 N–H and O–H groups in total. The van der Waals surface area contributed by atoms with Crippen molar-refractivity contribution in [2.45, 2.75) is 25.7 Å². The van der Waals surface area contributed by atoms with Crippen molar-refractivity contribution in [1.82, 2.24) is 15.4 Å². The van der Waals surface area contributed by atoms with Gasteiger partial charge in [-0.3, -0.25) is 15.2 Å². The lowest BCUT2D eigenvalue weighted by atomic mass is 9.98. The smallest absolute Gasteiger partial charge is 0.276 e. The van der Waals surface area contributed by atoms with Crippen LogP contribution in [0.25, 0.3) is 11.3 Å². The number of aryl methyl sites for hydroxylation is 1. The molecule has 152 valence electrons. The van der Waals surface area contributed by atoms with E-state index < -0.39 is 0 Å². The van der Waals surface area contributed by atoms with Crippen LogP contribution in [0, 0.1) is 0 Å². The second-order valence-corrected chi connectivity index (χ2v) is 6.68. The molecule has 1 amide bonds. The third-order valence-corrected chi connectivity index (χ3v) is 4.97. The Morgan fingerprint density at radius 2 is 1.79 bits per heavy atom. The van der Waals surface area contributed by atoms with E-state index >= 15 is 0 Å². The van der Waals surface area contributed by atoms with E-state index in [0.717, 1.165) is 36.9 Å². The fourth-order valence-corrected chi connectivity index (χ4v) is 3.47. The molecule has 2 aromatic heterocycles. The number of hydrogen-bond acceptors (Lipinski definition) is 7. The van der Waals surface area contributed by atoms with Crippen molar-refractivity contribution < 1.29 is 23.5 Å². The number of anilines is 1. The number of hydrogen-bond donors (Lipinski definition) is 2. The fraction of sp³-hybridized carbons (Fsp3) is 0.350. The maximum absolute atomic E-state index is 12.6. The molecule has 0 saturated heterocycles. The Kier molecular flexibility index (Phi) is 5.11. The van der Waals surface area contributed by atoms with Crippen LogP contribution in [-0.4, -0.2) is 42.6 Å². The number of carbonyl (C=O) groups is 1. The first-order valence-electron chi connectivity index (χ1n) is 9.29. The van der Waals surface area contributed by atoms with Crippen LogP contribution in [0.5, 0.6) is 17.2 Å². The molecule has 0 bridgehead atoms. The largest absolute Gasteiger partial charge is 0.493 e. The number of aromatic amines is 1. The van der Waals surface area contributed by atoms with Crippen LogP contribution in [0.15, 0.2) is 22.7 Å². The summed E-state index contributed by atoms with van der Waals surface area (Å²) in [5.41, 5.74) is 3.48. The van der Waals surface area contributed by atoms with Gasteiger partial charge < -0.3 is 18.7 Å². The molecule has 29 heavy (non-hydrogen) atoms. The van der Waals surface area contributed by atoms with Gasteiger partial charge in [0.1, 0.15) is 5.69 Å². The summed E-state index contributed by atoms with van der Waals surface area (Å²) < 4.78 is 21.4. The first-order chi connectivity index (χ1) is 14.1. The van der Waals surface area contributed by atoms with Crippen LogP contribution < -0.4 is 19.5 Å². The van der Waals surface area contributed by atoms with Gasteiger partial charge in [0, 0.05) is 11.1 Å². The predicted molar refractivity (Wildman–Crippen MR) is 105 cm³/mol. The molecular weight excluding hydrogens is 376 g/mol. The second kappa shape index (κ2) is 7.86. The topological polar surface area (TPSA) is 112 Å². The molecule has 0 atom stereocenters. The van der Waals surface area contributed by atoms with E-state index in [4.69, 9.17) is 18.7 Å². The fourth-order valence-electron chi connectivity index (χ4n) is 3.47. The number of methoxy groups -OCH3 is 3. The van der Waals surface area contributed by atoms with E-state index in [1.165, 1.54) is 0 Å². The van der Waals surface area contributed by atoms with Crippen molar-refractivity contribution in [2.24, 2.45) is 0 Å². The number of H-pyrrole nitrogens is 1. The Hall–Kier alpha value is -3.49. The molecule has 0 aliphatic heterocycles. The monoisotopic (exact) mass is 398 g/mol. The van der Waals surface area contributed by atoms with Crippen molar-refractivity contribution in [3.05, 3.63) is 35.2 Å². The summed E-state index contributed by atoms with van der Waals surface area (Å²) in [5, 5.41) is 13.9. The Labute approximate surface area is 167 Å². The molecule has 2 heterocycles. The van der Waals surface area contributed by atoms with Crippen LogP contribution in [0.4, 0.5) is 5.88 Å². The third kappa shape index (κ3) is 3.51. The standard InChI is InChI=1S/C20H22N4O5/c1-26-16-8-11(9-17(27-2)18(16)28-3)14-10-15(23-22-14)19(25)21-20-12-6-4-5-7-13(12)24-29-20/h8-10H,4-7H2,1-3H3,(H,21,25)(H,22,23). The average molecular weight is 398 g/mol. The Morgan fingerprint density at radius 1 is 1.07 bits per heavy atom. The summed E-state index contributed by atoms with van der Waals surface area (Å²) in [5.74, 6) is 1.56. The lowest BCUT2D eigenvalue weighted by Gasteiger charge is -2.13. The summed E-state index contributed by atoms with van der Waals surface area (Å²) in [6.07, 6.45) is 3.89. The zero-order valence-corrected chi connectivity index (χ0v) is 16.5. The van der Waals surface area contributed by atoms with Crippen LogP contribution >= 0.6 is 0 Å². The summed E-state index contributed by atoms with van der Waals surface area (Å²) in [7, 11) is 4.63. The van der Waals surface area contributed by atoms with Crippen LogP contribution in [0.3, 0.4) is 0 Å². The Bertz CT molecular complexity index is 1010. The van der Waals surface area contributed by atoms with Gasteiger partial charge in [0.25, 0.3) is 5.91 Å². The maximum atomic E-state index is 12.6. The molecule has 9 heteroatoms. The quantitative estimate of drug-likeness (QED) is 0.656. The highest BCUT2D eigenvalue weighted by atomic mass is 16.5. The summed E-state index contributed by atoms with van der Waals surface area (Å²) in [6.45, 7) is 0. The number of amides is 1. The SMILES string of the molecule is COc1cc(-c2cc(C(=O)Nc3onc4c3CCCC4)[nH]n2)cc(OC)c1OC. The Morgan fingerprint density at radius 3 is 2.48 bits per heavy atom. The highest BCUT2D eigenvalue weighted by Gasteiger charge is 2.22. The zero-order valence-electron chi connectivity index (χ0n) is 16.5. The highest BCUT2D eigenvalue weighted by molar-refractivity contribution is 6.03. The maximum Gasteiger partial charge on any atom is 0.276 e. The van der Waals surface area contributed by atoms with E-state index in [9.17, 15) is 4.79 Å². The van der Waals surface area contributed by atoms with E-state index in [2.05, 4.69) is 20.7 Å². The van der Waals surface area contributed by atoms with Crippen molar-refractivity contribution >= 4 is 11.8 Å². The number of aromatic nitrogens is 3. The average Bonchev–Trinajstić information content (AvgIpc) is 3.40. The normalized spacial score (nSPS) is 12.9. The number of fused-ring (bicyclic) bond motifs is 1. The number of nitrogens with one attached hydrogen (secondary N) is 2. The molecule has 3 aromatic rings. The molecule has 1 aliphatic carbocycles. The lowest BCUT2D eigenvalue weighted by Crippen LogP contribution is -2.14. The summed E-state index contributed by atoms with van der Waals surface area (Å²) in [4.78, 5) is 12.6. The minimum absolute atomic E-state index is 0.301. The van der Waals surface area contributed by atoms with E-state index in [1.54, 1.807) is 39.5 Å². The molecule has 0 fully saturated rings. The van der Waals surface area contributed by atoms with Crippen molar-refractivity contribution in [1.29, 1.82) is 0 Å². The predicted octanol–water partition coefficient (Wildman–Crippen LogP) is 3.22. The van der Waals surface area contributed by atoms with Gasteiger partial charge in [-0.15, -0.1) is 0 Å². The molecule has 9 nitrogen and oxygen atoms in total. The van der Waals surface area contributed by atoms with Gasteiger partial charge >= 0.3 is 0 Å². The first-order valence-corrected chi connectivity index (χ1v) is 9.29. The molecular formula is C20H22N4O5. The molecule has 0 radical (unpaired) electrons. The summed E-state index contributed by atoms with van der Waals surface area (Å²) in [6, 6.07) is 5.19. The van der Waals surface area contributed by atoms with Gasteiger partial charge in [0.2, 0.25) is 11.6 Å². The van der Waals surface area contributed by atoms with Crippen LogP contribution in [0.2, 0.25) is 0 Å². The van der Waals surface area contributed by atoms with Gasteiger partial charge in [-0.1, -0.05) is 5.16 Å². The third-order valence-electron chi connectivity index (χ3n) is 4.97. The van der Waals surface area contributed by atoms with E-state index in [-0.39, 0.29) is 5.91 Å². The first kappa shape index (κ1) is 18.9. The second-order valence-electron chi connectivity index (χ2n) is 6.68. The Balaban J connectivity index is 1.58. The van der Waals surface area contributed by atoms with Crippen LogP contribution in [0.1, 0.15) is 34.6 Å². The minimum Gasteiger partial charge on any atom is -0.493 e. The number of ether oxygens (including phenoxy) is 3. The highest BCUT2D eigenvalue weighted by Crippen LogP contribution is 2.40. The van der Waals surface area contributed by atoms with Crippen molar-refractivity contribution in [2.75, 3.05) is 26.6 Å². The van der Waals surface area contributed by atoms with Gasteiger partial charge in [-0.2, -0.15) is 5.10 Å². The number of nitrogens with zero attached hydrogens (tertiary/aromatic N) is 2. The molecule has 1 aliphatic rings. The van der Waals surface area contributed by atoms with Gasteiger partial charge in [-0.25, -0.2) is 0 Å². The van der Waals surface area contributed by atoms with Gasteiger partial charge in [0.05, 0.1) is 32.7 Å². The van der Waals surface area contributed by atoms with Crippen molar-refractivity contribution in [3.63, 3.8) is 0 Å². The zero-order chi connectivity index (χ0) is 20.4. The van der Waals surface area contributed by atoms with Crippen LogP contribution in [-0.2, 0) is 12.8 Å². The molecule has 4 rings (SSSR count). The van der Waals surface area contributed by atoms with Gasteiger partial charge in [-0.05, 0) is 43.9 Å². The number of rotatable bonds is 6. The molecule has 1 aromatic carbocycles. The van der Waals surface area contributed by atoms with Crippen molar-refractivity contribution in [3.8, 4) is 28.5 Å². The minimum atomic E-state index is -0.347. The summed E-state index contributed by atoms with van der Waals surface area (Å²) >= 11 is 0. The van der Waals surface area contributed by atoms with E-state index in [1.807, 2.05) is 0 Å². The molecule has 0 saturated carbocycles. The lowest BCUT2D eigenvalue weighted by molar-refractivity contribution is 0.101. The number of carbonyl (C=O) groups excluding carboxylic acids is 1. The molecule has 0 spiro atoms.